The van der Waals surface area contributed by atoms with Crippen LogP contribution < -0.4 is 0 Å². The molecule has 12 nitrogen and oxygen atoms in total. The van der Waals surface area contributed by atoms with Crippen molar-refractivity contribution in [3.05, 3.63) is 58.7 Å². The van der Waals surface area contributed by atoms with Crippen molar-refractivity contribution in [1.29, 1.82) is 0 Å². The third kappa shape index (κ3) is 9.09. The zero-order valence-corrected chi connectivity index (χ0v) is 20.1. The van der Waals surface area contributed by atoms with Crippen LogP contribution in [-0.4, -0.2) is 75.5 Å². The lowest BCUT2D eigenvalue weighted by Crippen LogP contribution is -2.36. The standard InChI is InChI=1S/C20H30N2O10P2/c23-11-17-5-1-3-15(19(17)25)9-21(13-33(27,28)29)7-8-22(14-34(30,31)32)10-16-4-2-6-18(12-24)20(16)26/h1-6,23-26H,7-14H2,(H2,27,28,29)(H2,30,31,32). The maximum atomic E-state index is 11.7. The highest BCUT2D eigenvalue weighted by Crippen LogP contribution is 2.38. The molecule has 0 spiro atoms. The van der Waals surface area contributed by atoms with E-state index in [1.807, 2.05) is 0 Å². The smallest absolute Gasteiger partial charge is 0.339 e. The van der Waals surface area contributed by atoms with Crippen LogP contribution in [-0.2, 0) is 35.4 Å². The van der Waals surface area contributed by atoms with E-state index in [0.29, 0.717) is 11.1 Å². The average Bonchev–Trinajstić information content (AvgIpc) is 2.72. The number of benzene rings is 2. The Hall–Kier alpha value is -1.82. The van der Waals surface area contributed by atoms with E-state index < -0.39 is 41.0 Å². The summed E-state index contributed by atoms with van der Waals surface area (Å²) in [4.78, 5) is 40.6. The number of hydrogen-bond donors (Lipinski definition) is 8. The molecule has 2 aromatic carbocycles. The van der Waals surface area contributed by atoms with Crippen LogP contribution in [0.2, 0.25) is 0 Å². The van der Waals surface area contributed by atoms with Crippen molar-refractivity contribution in [2.24, 2.45) is 0 Å². The minimum Gasteiger partial charge on any atom is -0.507 e. The predicted octanol–water partition coefficient (Wildman–Crippen LogP) is 0.657. The highest BCUT2D eigenvalue weighted by Gasteiger charge is 2.25. The number of para-hydroxylation sites is 2. The van der Waals surface area contributed by atoms with Crippen molar-refractivity contribution in [3.63, 3.8) is 0 Å². The fourth-order valence-electron chi connectivity index (χ4n) is 3.48. The predicted molar refractivity (Wildman–Crippen MR) is 123 cm³/mol. The van der Waals surface area contributed by atoms with Crippen molar-refractivity contribution in [3.8, 4) is 11.5 Å². The topological polar surface area (TPSA) is 202 Å². The number of hydrogen-bond acceptors (Lipinski definition) is 8. The molecule has 0 bridgehead atoms. The first kappa shape index (κ1) is 28.4. The molecular formula is C20H30N2O10P2. The number of phenols is 2. The van der Waals surface area contributed by atoms with E-state index in [4.69, 9.17) is 0 Å². The summed E-state index contributed by atoms with van der Waals surface area (Å²) in [6, 6.07) is 9.22. The second-order valence-corrected chi connectivity index (χ2v) is 11.1. The average molecular weight is 520 g/mol. The molecule has 0 heterocycles. The van der Waals surface area contributed by atoms with Crippen LogP contribution in [0.3, 0.4) is 0 Å². The Morgan fingerprint density at radius 1 is 0.618 bits per heavy atom. The third-order valence-corrected chi connectivity index (χ3v) is 6.57. The summed E-state index contributed by atoms with van der Waals surface area (Å²) >= 11 is 0. The number of aliphatic hydroxyl groups is 2. The van der Waals surface area contributed by atoms with Gasteiger partial charge in [-0.05, 0) is 0 Å². The van der Waals surface area contributed by atoms with Gasteiger partial charge in [0.2, 0.25) is 0 Å². The number of nitrogens with zero attached hydrogens (tertiary/aromatic N) is 2. The second kappa shape index (κ2) is 12.2. The molecule has 190 valence electrons. The Bertz CT molecular complexity index is 972. The summed E-state index contributed by atoms with van der Waals surface area (Å²) < 4.78 is 23.4. The van der Waals surface area contributed by atoms with Gasteiger partial charge >= 0.3 is 15.2 Å². The van der Waals surface area contributed by atoms with Crippen molar-refractivity contribution < 1.29 is 49.1 Å². The van der Waals surface area contributed by atoms with Gasteiger partial charge in [0, 0.05) is 48.4 Å². The van der Waals surface area contributed by atoms with Crippen molar-refractivity contribution in [2.45, 2.75) is 26.3 Å². The van der Waals surface area contributed by atoms with Crippen LogP contribution in [0, 0.1) is 0 Å². The zero-order chi connectivity index (χ0) is 25.5. The first-order valence-electron chi connectivity index (χ1n) is 10.2. The Kier molecular flexibility index (Phi) is 10.2. The molecule has 0 aliphatic rings. The van der Waals surface area contributed by atoms with Crippen molar-refractivity contribution in [1.82, 2.24) is 9.80 Å². The van der Waals surface area contributed by atoms with Crippen LogP contribution in [0.15, 0.2) is 36.4 Å². The Morgan fingerprint density at radius 2 is 0.941 bits per heavy atom. The molecular weight excluding hydrogens is 490 g/mol. The van der Waals surface area contributed by atoms with E-state index in [1.54, 1.807) is 12.1 Å². The van der Waals surface area contributed by atoms with Gasteiger partial charge in [-0.2, -0.15) is 0 Å². The normalized spacial score (nSPS) is 12.6. The van der Waals surface area contributed by atoms with Gasteiger partial charge in [-0.3, -0.25) is 18.9 Å². The van der Waals surface area contributed by atoms with Gasteiger partial charge in [0.15, 0.2) is 0 Å². The van der Waals surface area contributed by atoms with Gasteiger partial charge in [-0.25, -0.2) is 0 Å². The lowest BCUT2D eigenvalue weighted by molar-refractivity contribution is 0.204. The SMILES string of the molecule is O=P(O)(O)CN(CCN(Cc1cccc(CO)c1O)CP(=O)(O)O)Cc1cccc(CO)c1O. The van der Waals surface area contributed by atoms with Crippen molar-refractivity contribution in [2.75, 3.05) is 25.7 Å². The van der Waals surface area contributed by atoms with E-state index in [0.717, 1.165) is 0 Å². The van der Waals surface area contributed by atoms with E-state index in [9.17, 15) is 49.1 Å². The van der Waals surface area contributed by atoms with Gasteiger partial charge in [0.25, 0.3) is 0 Å². The molecule has 14 heteroatoms. The molecule has 0 atom stereocenters. The lowest BCUT2D eigenvalue weighted by atomic mass is 10.1. The lowest BCUT2D eigenvalue weighted by Gasteiger charge is -2.28. The van der Waals surface area contributed by atoms with Crippen LogP contribution in [0.4, 0.5) is 0 Å². The first-order valence-corrected chi connectivity index (χ1v) is 13.8. The fourth-order valence-corrected chi connectivity index (χ4v) is 5.01. The van der Waals surface area contributed by atoms with E-state index >= 15 is 0 Å². The number of aliphatic hydroxyl groups excluding tert-OH is 2. The van der Waals surface area contributed by atoms with Gasteiger partial charge in [-0.1, -0.05) is 36.4 Å². The van der Waals surface area contributed by atoms with E-state index in [1.165, 1.54) is 34.1 Å². The monoisotopic (exact) mass is 520 g/mol. The maximum absolute atomic E-state index is 11.7. The van der Waals surface area contributed by atoms with Crippen molar-refractivity contribution >= 4 is 15.2 Å². The highest BCUT2D eigenvalue weighted by atomic mass is 31.2. The third-order valence-electron chi connectivity index (χ3n) is 5.04. The Morgan fingerprint density at radius 3 is 1.24 bits per heavy atom. The van der Waals surface area contributed by atoms with E-state index in [-0.39, 0.29) is 48.8 Å². The minimum absolute atomic E-state index is 0.0473. The molecule has 0 saturated heterocycles. The Labute approximate surface area is 196 Å². The summed E-state index contributed by atoms with van der Waals surface area (Å²) in [5.74, 6) is -0.419. The summed E-state index contributed by atoms with van der Waals surface area (Å²) in [5, 5.41) is 39.3. The quantitative estimate of drug-likeness (QED) is 0.172. The molecule has 0 aromatic heterocycles. The summed E-state index contributed by atoms with van der Waals surface area (Å²) in [7, 11) is -9.05. The minimum atomic E-state index is -4.52. The Balaban J connectivity index is 2.25. The molecule has 0 aliphatic carbocycles. The molecule has 34 heavy (non-hydrogen) atoms. The van der Waals surface area contributed by atoms with Gasteiger partial charge in [0.1, 0.15) is 24.1 Å². The maximum Gasteiger partial charge on any atom is 0.339 e. The molecule has 0 amide bonds. The molecule has 0 fully saturated rings. The molecule has 0 aliphatic heterocycles. The first-order chi connectivity index (χ1) is 15.8. The molecule has 0 radical (unpaired) electrons. The van der Waals surface area contributed by atoms with Gasteiger partial charge in [0.05, 0.1) is 13.2 Å². The molecule has 0 saturated carbocycles. The second-order valence-electron chi connectivity index (χ2n) is 7.88. The van der Waals surface area contributed by atoms with Crippen LogP contribution >= 0.6 is 15.2 Å². The van der Waals surface area contributed by atoms with Crippen LogP contribution in [0.5, 0.6) is 11.5 Å². The van der Waals surface area contributed by atoms with Crippen LogP contribution in [0.1, 0.15) is 22.3 Å². The fraction of sp³-hybridized carbons (Fsp3) is 0.400. The van der Waals surface area contributed by atoms with E-state index in [2.05, 4.69) is 0 Å². The number of aromatic hydroxyl groups is 2. The highest BCUT2D eigenvalue weighted by molar-refractivity contribution is 7.51. The zero-order valence-electron chi connectivity index (χ0n) is 18.3. The summed E-state index contributed by atoms with van der Waals surface area (Å²) in [6.07, 6.45) is -1.35. The molecule has 2 rings (SSSR count). The van der Waals surface area contributed by atoms with Crippen LogP contribution in [0.25, 0.3) is 0 Å². The molecule has 8 N–H and O–H groups in total. The molecule has 0 unspecified atom stereocenters. The molecule has 2 aromatic rings. The van der Waals surface area contributed by atoms with Gasteiger partial charge in [-0.15, -0.1) is 0 Å². The number of rotatable bonds is 13. The summed E-state index contributed by atoms with van der Waals surface area (Å²) in [5.41, 5.74) is 1.12. The largest absolute Gasteiger partial charge is 0.507 e. The summed E-state index contributed by atoms with van der Waals surface area (Å²) in [6.45, 7) is -1.14. The van der Waals surface area contributed by atoms with Gasteiger partial charge < -0.3 is 40.0 Å².